The summed E-state index contributed by atoms with van der Waals surface area (Å²) >= 11 is 3.58. The first-order valence-corrected chi connectivity index (χ1v) is 12.3. The van der Waals surface area contributed by atoms with E-state index in [1.54, 1.807) is 54.6 Å². The number of alkyl halides is 1. The molecule has 0 fully saturated rings. The minimum absolute atomic E-state index is 0.218. The molecule has 0 saturated heterocycles. The average Bonchev–Trinajstić information content (AvgIpc) is 2.92. The number of esters is 1. The molecule has 4 aromatic carbocycles. The van der Waals surface area contributed by atoms with Crippen molar-refractivity contribution in [2.24, 2.45) is 0 Å². The first-order chi connectivity index (χ1) is 17.4. The van der Waals surface area contributed by atoms with E-state index in [9.17, 15) is 14.4 Å². The van der Waals surface area contributed by atoms with Crippen LogP contribution in [0.3, 0.4) is 0 Å². The lowest BCUT2D eigenvalue weighted by atomic mass is 9.99. The largest absolute Gasteiger partial charge is 0.449 e. The van der Waals surface area contributed by atoms with Gasteiger partial charge in [0.1, 0.15) is 0 Å². The lowest BCUT2D eigenvalue weighted by molar-refractivity contribution is 0.0282. The second-order valence-electron chi connectivity index (χ2n) is 8.27. The van der Waals surface area contributed by atoms with E-state index in [0.717, 1.165) is 11.1 Å². The van der Waals surface area contributed by atoms with Gasteiger partial charge < -0.3 is 10.1 Å². The van der Waals surface area contributed by atoms with Crippen molar-refractivity contribution in [1.29, 1.82) is 0 Å². The fourth-order valence-corrected chi connectivity index (χ4v) is 4.37. The van der Waals surface area contributed by atoms with Gasteiger partial charge in [0.15, 0.2) is 6.10 Å². The highest BCUT2D eigenvalue weighted by Gasteiger charge is 2.32. The zero-order valence-corrected chi connectivity index (χ0v) is 21.1. The van der Waals surface area contributed by atoms with Crippen molar-refractivity contribution in [3.8, 4) is 0 Å². The molecule has 4 aromatic rings. The predicted octanol–water partition coefficient (Wildman–Crippen LogP) is 6.79. The fraction of sp³-hybridized carbons (Fsp3) is 0.100. The van der Waals surface area contributed by atoms with Crippen molar-refractivity contribution in [3.05, 3.63) is 137 Å². The van der Waals surface area contributed by atoms with Gasteiger partial charge in [0.05, 0.1) is 10.4 Å². The minimum Gasteiger partial charge on any atom is -0.449 e. The van der Waals surface area contributed by atoms with Gasteiger partial charge in [-0.2, -0.15) is 0 Å². The zero-order valence-electron chi connectivity index (χ0n) is 19.6. The van der Waals surface area contributed by atoms with Gasteiger partial charge >= 0.3 is 5.97 Å². The average molecular weight is 542 g/mol. The predicted molar refractivity (Wildman–Crippen MR) is 144 cm³/mol. The highest BCUT2D eigenvalue weighted by Crippen LogP contribution is 2.31. The molecule has 180 valence electrons. The van der Waals surface area contributed by atoms with E-state index < -0.39 is 16.9 Å². The molecule has 0 bridgehead atoms. The van der Waals surface area contributed by atoms with Gasteiger partial charge in [-0.25, -0.2) is 4.79 Å². The molecule has 1 N–H and O–H groups in total. The lowest BCUT2D eigenvalue weighted by Crippen LogP contribution is -2.31. The van der Waals surface area contributed by atoms with Gasteiger partial charge in [0, 0.05) is 16.8 Å². The van der Waals surface area contributed by atoms with Crippen LogP contribution in [0, 0.1) is 6.92 Å². The molecular weight excluding hydrogens is 518 g/mol. The molecule has 36 heavy (non-hydrogen) atoms. The topological polar surface area (TPSA) is 72.5 Å². The summed E-state index contributed by atoms with van der Waals surface area (Å²) in [5, 5.41) is 2.81. The maximum absolute atomic E-state index is 13.4. The van der Waals surface area contributed by atoms with Crippen LogP contribution in [0.5, 0.6) is 0 Å². The van der Waals surface area contributed by atoms with E-state index in [2.05, 4.69) is 21.2 Å². The Labute approximate surface area is 218 Å². The van der Waals surface area contributed by atoms with Crippen LogP contribution in [0.2, 0.25) is 0 Å². The summed E-state index contributed by atoms with van der Waals surface area (Å²) in [6, 6.07) is 31.7. The number of hydrogen-bond donors (Lipinski definition) is 1. The second-order valence-corrected chi connectivity index (χ2v) is 9.26. The quantitative estimate of drug-likeness (QED) is 0.151. The monoisotopic (exact) mass is 541 g/mol. The van der Waals surface area contributed by atoms with Crippen LogP contribution >= 0.6 is 15.9 Å². The molecule has 0 radical (unpaired) electrons. The second kappa shape index (κ2) is 11.6. The minimum atomic E-state index is -1.10. The number of aryl methyl sites for hydroxylation is 1. The van der Waals surface area contributed by atoms with Gasteiger partial charge in [-0.3, -0.25) is 9.59 Å². The van der Waals surface area contributed by atoms with E-state index in [-0.39, 0.29) is 17.3 Å². The number of ether oxygens (including phenoxy) is 1. The normalized spacial score (nSPS) is 12.3. The SMILES string of the molecule is Cc1cccc(C(=O)Nc2cccc(C(=O)O[C@H](C(=O)c3ccccc3)[C@H](Br)c3ccccc3)c2)c1. The number of hydrogen-bond acceptors (Lipinski definition) is 4. The third-order valence-electron chi connectivity index (χ3n) is 5.57. The molecule has 1 amide bonds. The van der Waals surface area contributed by atoms with Gasteiger partial charge in [-0.05, 0) is 42.8 Å². The Balaban J connectivity index is 1.56. The molecular formula is C30H24BrNO4. The summed E-state index contributed by atoms with van der Waals surface area (Å²) in [5.41, 5.74) is 3.39. The molecule has 0 aliphatic carbocycles. The van der Waals surface area contributed by atoms with Crippen molar-refractivity contribution < 1.29 is 19.1 Å². The van der Waals surface area contributed by atoms with Crippen molar-refractivity contribution >= 4 is 39.3 Å². The molecule has 6 heteroatoms. The molecule has 0 spiro atoms. The number of ketones is 1. The Morgan fingerprint density at radius 2 is 1.33 bits per heavy atom. The summed E-state index contributed by atoms with van der Waals surface area (Å²) in [5.74, 6) is -1.28. The molecule has 4 rings (SSSR count). The Morgan fingerprint density at radius 1 is 0.722 bits per heavy atom. The van der Waals surface area contributed by atoms with E-state index in [1.165, 1.54) is 6.07 Å². The molecule has 0 unspecified atom stereocenters. The third-order valence-corrected chi connectivity index (χ3v) is 6.58. The van der Waals surface area contributed by atoms with Crippen molar-refractivity contribution in [1.82, 2.24) is 0 Å². The molecule has 0 heterocycles. The van der Waals surface area contributed by atoms with Crippen molar-refractivity contribution in [2.45, 2.75) is 17.9 Å². The number of rotatable bonds is 8. The number of nitrogens with one attached hydrogen (secondary N) is 1. The van der Waals surface area contributed by atoms with Gasteiger partial charge in [0.25, 0.3) is 5.91 Å². The van der Waals surface area contributed by atoms with Crippen LogP contribution in [0.1, 0.15) is 47.0 Å². The zero-order chi connectivity index (χ0) is 25.5. The van der Waals surface area contributed by atoms with Crippen LogP contribution in [-0.2, 0) is 4.74 Å². The van der Waals surface area contributed by atoms with Crippen LogP contribution in [0.15, 0.2) is 109 Å². The van der Waals surface area contributed by atoms with E-state index >= 15 is 0 Å². The molecule has 0 saturated carbocycles. The molecule has 0 aromatic heterocycles. The molecule has 0 aliphatic heterocycles. The van der Waals surface area contributed by atoms with E-state index in [4.69, 9.17) is 4.74 Å². The first-order valence-electron chi connectivity index (χ1n) is 11.4. The Kier molecular flexibility index (Phi) is 8.08. The Hall–Kier alpha value is -4.03. The summed E-state index contributed by atoms with van der Waals surface area (Å²) in [6.45, 7) is 1.91. The van der Waals surface area contributed by atoms with Gasteiger partial charge in [-0.15, -0.1) is 0 Å². The van der Waals surface area contributed by atoms with E-state index in [1.807, 2.05) is 55.5 Å². The smallest absolute Gasteiger partial charge is 0.338 e. The summed E-state index contributed by atoms with van der Waals surface area (Å²) in [4.78, 5) is 38.6. The number of carbonyl (C=O) groups excluding carboxylic acids is 3. The first kappa shape index (κ1) is 25.1. The van der Waals surface area contributed by atoms with Crippen molar-refractivity contribution in [3.63, 3.8) is 0 Å². The van der Waals surface area contributed by atoms with Gasteiger partial charge in [-0.1, -0.05) is 100 Å². The third kappa shape index (κ3) is 6.15. The summed E-state index contributed by atoms with van der Waals surface area (Å²) in [6.07, 6.45) is -1.10. The summed E-state index contributed by atoms with van der Waals surface area (Å²) in [7, 11) is 0. The number of amides is 1. The highest BCUT2D eigenvalue weighted by molar-refractivity contribution is 9.09. The maximum atomic E-state index is 13.4. The molecule has 0 aliphatic rings. The summed E-state index contributed by atoms with van der Waals surface area (Å²) < 4.78 is 5.78. The van der Waals surface area contributed by atoms with Crippen LogP contribution < -0.4 is 5.32 Å². The number of carbonyl (C=O) groups is 3. The highest BCUT2D eigenvalue weighted by atomic mass is 79.9. The van der Waals surface area contributed by atoms with Crippen molar-refractivity contribution in [2.75, 3.05) is 5.32 Å². The number of benzene rings is 4. The standard InChI is InChI=1S/C30H24BrNO4/c1-20-10-8-15-23(18-20)29(34)32-25-17-9-16-24(19-25)30(35)36-28(26(31)21-11-4-2-5-12-21)27(33)22-13-6-3-7-14-22/h2-19,26,28H,1H3,(H,32,34)/t26-,28+/m1/s1. The Bertz CT molecular complexity index is 1370. The number of halogens is 1. The molecule has 5 nitrogen and oxygen atoms in total. The number of anilines is 1. The van der Waals surface area contributed by atoms with Crippen LogP contribution in [0.4, 0.5) is 5.69 Å². The van der Waals surface area contributed by atoms with Gasteiger partial charge in [0.2, 0.25) is 5.78 Å². The Morgan fingerprint density at radius 3 is 2.03 bits per heavy atom. The number of Topliss-reactive ketones (excluding diaryl/α,β-unsaturated/α-hetero) is 1. The molecule has 2 atom stereocenters. The fourth-order valence-electron chi connectivity index (χ4n) is 3.72. The lowest BCUT2D eigenvalue weighted by Gasteiger charge is -2.22. The van der Waals surface area contributed by atoms with Crippen LogP contribution in [-0.4, -0.2) is 23.8 Å². The van der Waals surface area contributed by atoms with E-state index in [0.29, 0.717) is 16.8 Å². The van der Waals surface area contributed by atoms with Crippen LogP contribution in [0.25, 0.3) is 0 Å². The maximum Gasteiger partial charge on any atom is 0.338 e.